The Hall–Kier alpha value is -0.220. The molecule has 1 atom stereocenters. The van der Waals surface area contributed by atoms with Crippen LogP contribution in [0, 0.1) is 0 Å². The minimum atomic E-state index is 0.0593. The van der Waals surface area contributed by atoms with Crippen molar-refractivity contribution in [2.24, 2.45) is 0 Å². The highest BCUT2D eigenvalue weighted by atomic mass is 32.2. The third-order valence-corrected chi connectivity index (χ3v) is 5.58. The van der Waals surface area contributed by atoms with E-state index in [1.54, 1.807) is 0 Å². The second kappa shape index (κ2) is 6.10. The number of thioether (sulfide) groups is 1. The molecule has 1 aliphatic carbocycles. The van der Waals surface area contributed by atoms with Crippen molar-refractivity contribution in [1.29, 1.82) is 0 Å². The first-order valence-electron chi connectivity index (χ1n) is 6.82. The highest BCUT2D eigenvalue weighted by molar-refractivity contribution is 8.00. The fourth-order valence-electron chi connectivity index (χ4n) is 2.92. The number of carbonyl (C=O) groups is 1. The SMILES string of the molecule is CSC1(CNC(=O)[C@H]2CCCCN2)CCCC1. The number of hydrogen-bond donors (Lipinski definition) is 2. The van der Waals surface area contributed by atoms with E-state index >= 15 is 0 Å². The summed E-state index contributed by atoms with van der Waals surface area (Å²) < 4.78 is 0.324. The maximum Gasteiger partial charge on any atom is 0.237 e. The average molecular weight is 256 g/mol. The Morgan fingerprint density at radius 1 is 1.35 bits per heavy atom. The van der Waals surface area contributed by atoms with Gasteiger partial charge in [0.15, 0.2) is 0 Å². The monoisotopic (exact) mass is 256 g/mol. The van der Waals surface area contributed by atoms with Gasteiger partial charge in [-0.25, -0.2) is 0 Å². The predicted octanol–water partition coefficient (Wildman–Crippen LogP) is 1.92. The van der Waals surface area contributed by atoms with Gasteiger partial charge in [-0.05, 0) is 38.5 Å². The number of rotatable bonds is 4. The number of carbonyl (C=O) groups excluding carboxylic acids is 1. The summed E-state index contributed by atoms with van der Waals surface area (Å²) in [6, 6.07) is 0.0593. The van der Waals surface area contributed by atoms with Gasteiger partial charge in [-0.3, -0.25) is 4.79 Å². The maximum atomic E-state index is 12.0. The fraction of sp³-hybridized carbons (Fsp3) is 0.923. The van der Waals surface area contributed by atoms with Crippen molar-refractivity contribution < 1.29 is 4.79 Å². The second-order valence-electron chi connectivity index (χ2n) is 5.31. The van der Waals surface area contributed by atoms with Crippen molar-refractivity contribution in [3.8, 4) is 0 Å². The molecular formula is C13H24N2OS. The van der Waals surface area contributed by atoms with Crippen molar-refractivity contribution >= 4 is 17.7 Å². The van der Waals surface area contributed by atoms with Crippen LogP contribution in [-0.2, 0) is 4.79 Å². The van der Waals surface area contributed by atoms with Gasteiger partial charge in [0, 0.05) is 11.3 Å². The van der Waals surface area contributed by atoms with Gasteiger partial charge in [-0.15, -0.1) is 0 Å². The second-order valence-corrected chi connectivity index (χ2v) is 6.59. The van der Waals surface area contributed by atoms with Crippen LogP contribution in [0.3, 0.4) is 0 Å². The Morgan fingerprint density at radius 3 is 2.71 bits per heavy atom. The van der Waals surface area contributed by atoms with E-state index in [4.69, 9.17) is 0 Å². The van der Waals surface area contributed by atoms with Gasteiger partial charge in [0.25, 0.3) is 0 Å². The largest absolute Gasteiger partial charge is 0.353 e. The Labute approximate surface area is 108 Å². The van der Waals surface area contributed by atoms with Crippen LogP contribution in [0.25, 0.3) is 0 Å². The van der Waals surface area contributed by atoms with Crippen molar-refractivity contribution in [2.75, 3.05) is 19.3 Å². The third-order valence-electron chi connectivity index (χ3n) is 4.16. The molecule has 1 heterocycles. The molecular weight excluding hydrogens is 232 g/mol. The Morgan fingerprint density at radius 2 is 2.12 bits per heavy atom. The first-order valence-corrected chi connectivity index (χ1v) is 8.04. The fourth-order valence-corrected chi connectivity index (χ4v) is 3.83. The van der Waals surface area contributed by atoms with Crippen LogP contribution in [-0.4, -0.2) is 36.0 Å². The minimum absolute atomic E-state index is 0.0593. The molecule has 1 amide bonds. The van der Waals surface area contributed by atoms with Gasteiger partial charge in [0.1, 0.15) is 0 Å². The zero-order valence-electron chi connectivity index (χ0n) is 10.8. The van der Waals surface area contributed by atoms with Gasteiger partial charge in [-0.2, -0.15) is 11.8 Å². The molecule has 17 heavy (non-hydrogen) atoms. The van der Waals surface area contributed by atoms with Crippen molar-refractivity contribution in [3.63, 3.8) is 0 Å². The summed E-state index contributed by atoms with van der Waals surface area (Å²) in [5.74, 6) is 0.213. The zero-order valence-corrected chi connectivity index (χ0v) is 11.6. The average Bonchev–Trinajstić information content (AvgIpc) is 2.86. The molecule has 0 spiro atoms. The molecule has 1 aliphatic heterocycles. The number of amides is 1. The molecule has 0 radical (unpaired) electrons. The van der Waals surface area contributed by atoms with Crippen molar-refractivity contribution in [3.05, 3.63) is 0 Å². The molecule has 0 unspecified atom stereocenters. The molecule has 0 aromatic carbocycles. The lowest BCUT2D eigenvalue weighted by Gasteiger charge is -2.29. The van der Waals surface area contributed by atoms with E-state index in [9.17, 15) is 4.79 Å². The van der Waals surface area contributed by atoms with E-state index in [0.717, 1.165) is 19.5 Å². The highest BCUT2D eigenvalue weighted by Crippen LogP contribution is 2.39. The summed E-state index contributed by atoms with van der Waals surface area (Å²) in [7, 11) is 0. The minimum Gasteiger partial charge on any atom is -0.353 e. The van der Waals surface area contributed by atoms with Crippen LogP contribution in [0.1, 0.15) is 44.9 Å². The van der Waals surface area contributed by atoms with E-state index in [-0.39, 0.29) is 11.9 Å². The molecule has 2 aliphatic rings. The summed E-state index contributed by atoms with van der Waals surface area (Å²) in [6.07, 6.45) is 10.7. The summed E-state index contributed by atoms with van der Waals surface area (Å²) in [6.45, 7) is 1.84. The highest BCUT2D eigenvalue weighted by Gasteiger charge is 2.33. The van der Waals surface area contributed by atoms with Crippen LogP contribution in [0.15, 0.2) is 0 Å². The summed E-state index contributed by atoms with van der Waals surface area (Å²) >= 11 is 1.93. The summed E-state index contributed by atoms with van der Waals surface area (Å²) in [5.41, 5.74) is 0. The molecule has 0 bridgehead atoms. The van der Waals surface area contributed by atoms with Crippen LogP contribution < -0.4 is 10.6 Å². The molecule has 98 valence electrons. The normalized spacial score (nSPS) is 27.9. The molecule has 3 nitrogen and oxygen atoms in total. The molecule has 0 aromatic heterocycles. The van der Waals surface area contributed by atoms with Gasteiger partial charge in [0.2, 0.25) is 5.91 Å². The first kappa shape index (κ1) is 13.2. The molecule has 2 fully saturated rings. The quantitative estimate of drug-likeness (QED) is 0.807. The van der Waals surface area contributed by atoms with E-state index in [1.807, 2.05) is 11.8 Å². The summed E-state index contributed by atoms with van der Waals surface area (Å²) in [5, 5.41) is 6.47. The number of piperidine rings is 1. The topological polar surface area (TPSA) is 41.1 Å². The van der Waals surface area contributed by atoms with Crippen LogP contribution in [0.5, 0.6) is 0 Å². The Kier molecular flexibility index (Phi) is 4.74. The number of hydrogen-bond acceptors (Lipinski definition) is 3. The molecule has 2 rings (SSSR count). The van der Waals surface area contributed by atoms with E-state index in [2.05, 4.69) is 16.9 Å². The Balaban J connectivity index is 1.78. The van der Waals surface area contributed by atoms with Gasteiger partial charge >= 0.3 is 0 Å². The lowest BCUT2D eigenvalue weighted by atomic mass is 10.0. The van der Waals surface area contributed by atoms with E-state index < -0.39 is 0 Å². The van der Waals surface area contributed by atoms with Crippen molar-refractivity contribution in [1.82, 2.24) is 10.6 Å². The van der Waals surface area contributed by atoms with Gasteiger partial charge < -0.3 is 10.6 Å². The molecule has 2 N–H and O–H groups in total. The van der Waals surface area contributed by atoms with Gasteiger partial charge in [0.05, 0.1) is 6.04 Å². The van der Waals surface area contributed by atoms with Gasteiger partial charge in [-0.1, -0.05) is 19.3 Å². The summed E-state index contributed by atoms with van der Waals surface area (Å²) in [4.78, 5) is 12.0. The third kappa shape index (κ3) is 3.38. The molecule has 0 aromatic rings. The predicted molar refractivity (Wildman–Crippen MR) is 73.4 cm³/mol. The van der Waals surface area contributed by atoms with Crippen LogP contribution >= 0.6 is 11.8 Å². The Bertz CT molecular complexity index is 258. The zero-order chi connectivity index (χ0) is 12.1. The molecule has 1 saturated carbocycles. The maximum absolute atomic E-state index is 12.0. The smallest absolute Gasteiger partial charge is 0.237 e. The lowest BCUT2D eigenvalue weighted by molar-refractivity contribution is -0.123. The van der Waals surface area contributed by atoms with Crippen LogP contribution in [0.2, 0.25) is 0 Å². The number of nitrogens with one attached hydrogen (secondary N) is 2. The van der Waals surface area contributed by atoms with E-state index in [1.165, 1.54) is 38.5 Å². The lowest BCUT2D eigenvalue weighted by Crippen LogP contribution is -2.49. The standard InChI is InChI=1S/C13H24N2OS/c1-17-13(7-3-4-8-13)10-15-12(16)11-6-2-5-9-14-11/h11,14H,2-10H2,1H3,(H,15,16)/t11-/m1/s1. The first-order chi connectivity index (χ1) is 8.26. The van der Waals surface area contributed by atoms with Crippen molar-refractivity contribution in [2.45, 2.75) is 55.7 Å². The van der Waals surface area contributed by atoms with Crippen LogP contribution in [0.4, 0.5) is 0 Å². The van der Waals surface area contributed by atoms with E-state index in [0.29, 0.717) is 4.75 Å². The molecule has 4 heteroatoms. The molecule has 1 saturated heterocycles.